The van der Waals surface area contributed by atoms with Crippen molar-refractivity contribution in [2.24, 2.45) is 5.73 Å². The summed E-state index contributed by atoms with van der Waals surface area (Å²) in [6.45, 7) is 2.22. The van der Waals surface area contributed by atoms with Gasteiger partial charge in [0.15, 0.2) is 0 Å². The Hall–Kier alpha value is -2.16. The van der Waals surface area contributed by atoms with Crippen LogP contribution in [-0.2, 0) is 0 Å². The maximum atomic E-state index is 12.3. The minimum atomic E-state index is -0.120. The second-order valence-corrected chi connectivity index (χ2v) is 5.06. The molecule has 1 unspecified atom stereocenters. The van der Waals surface area contributed by atoms with Gasteiger partial charge in [0.1, 0.15) is 4.88 Å². The zero-order chi connectivity index (χ0) is 14.4. The minimum absolute atomic E-state index is 0.0806. The van der Waals surface area contributed by atoms with Crippen molar-refractivity contribution in [2.75, 3.05) is 6.54 Å². The van der Waals surface area contributed by atoms with Gasteiger partial charge < -0.3 is 11.1 Å². The summed E-state index contributed by atoms with van der Waals surface area (Å²) in [7, 11) is 0. The van der Waals surface area contributed by atoms with E-state index in [1.54, 1.807) is 12.4 Å². The fourth-order valence-electron chi connectivity index (χ4n) is 1.73. The van der Waals surface area contributed by atoms with E-state index in [0.29, 0.717) is 4.88 Å². The molecule has 0 radical (unpaired) electrons. The Morgan fingerprint density at radius 3 is 2.90 bits per heavy atom. The van der Waals surface area contributed by atoms with E-state index in [4.69, 9.17) is 5.73 Å². The van der Waals surface area contributed by atoms with Crippen molar-refractivity contribution in [3.05, 3.63) is 52.0 Å². The number of carbonyl (C=O) groups is 1. The van der Waals surface area contributed by atoms with Crippen molar-refractivity contribution in [3.8, 4) is 11.8 Å². The topological polar surface area (TPSA) is 68.0 Å². The monoisotopic (exact) mass is 285 g/mol. The molecule has 0 saturated carbocycles. The summed E-state index contributed by atoms with van der Waals surface area (Å²) in [5.74, 6) is 5.56. The van der Waals surface area contributed by atoms with E-state index in [9.17, 15) is 4.79 Å². The summed E-state index contributed by atoms with van der Waals surface area (Å²) in [5, 5.41) is 4.81. The molecule has 0 aliphatic carbocycles. The van der Waals surface area contributed by atoms with Crippen LogP contribution in [0.5, 0.6) is 0 Å². The Morgan fingerprint density at radius 2 is 2.20 bits per heavy atom. The normalized spacial score (nSPS) is 11.3. The maximum Gasteiger partial charge on any atom is 0.263 e. The highest BCUT2D eigenvalue weighted by Gasteiger charge is 2.15. The van der Waals surface area contributed by atoms with Gasteiger partial charge in [-0.25, -0.2) is 0 Å². The van der Waals surface area contributed by atoms with Gasteiger partial charge in [0, 0.05) is 18.0 Å². The molecule has 1 amide bonds. The lowest BCUT2D eigenvalue weighted by Crippen LogP contribution is -2.26. The molecule has 0 bridgehead atoms. The highest BCUT2D eigenvalue weighted by atomic mass is 32.1. The summed E-state index contributed by atoms with van der Waals surface area (Å²) in [5.41, 5.74) is 7.09. The molecule has 0 fully saturated rings. The largest absolute Gasteiger partial charge is 0.345 e. The molecule has 2 heterocycles. The number of hydrogen-bond acceptors (Lipinski definition) is 4. The number of nitrogens with two attached hydrogens (primary N) is 1. The molecule has 0 spiro atoms. The summed E-state index contributed by atoms with van der Waals surface area (Å²) in [4.78, 5) is 16.8. The van der Waals surface area contributed by atoms with E-state index in [-0.39, 0.29) is 18.5 Å². The molecule has 102 valence electrons. The van der Waals surface area contributed by atoms with Crippen molar-refractivity contribution < 1.29 is 4.79 Å². The molecule has 2 rings (SSSR count). The second kappa shape index (κ2) is 6.85. The number of rotatable bonds is 3. The third-order valence-corrected chi connectivity index (χ3v) is 3.66. The van der Waals surface area contributed by atoms with E-state index in [0.717, 1.165) is 11.1 Å². The molecule has 2 aromatic rings. The smallest absolute Gasteiger partial charge is 0.263 e. The molecule has 0 aromatic carbocycles. The summed E-state index contributed by atoms with van der Waals surface area (Å²) in [6, 6.07) is 5.52. The van der Waals surface area contributed by atoms with E-state index in [1.165, 1.54) is 11.3 Å². The summed E-state index contributed by atoms with van der Waals surface area (Å²) < 4.78 is 0. The molecule has 0 saturated heterocycles. The standard InChI is InChI=1S/C15H15N3OS/c1-11(12-4-8-17-9-5-12)18-15(19)14-13(3-2-7-16)6-10-20-14/h4-6,8-11H,7,16H2,1H3,(H,18,19). The number of nitrogens with zero attached hydrogens (tertiary/aromatic N) is 1. The Kier molecular flexibility index (Phi) is 4.88. The fraction of sp³-hybridized carbons (Fsp3) is 0.200. The first-order valence-corrected chi connectivity index (χ1v) is 7.07. The van der Waals surface area contributed by atoms with Crippen LogP contribution in [-0.4, -0.2) is 17.4 Å². The lowest BCUT2D eigenvalue weighted by molar-refractivity contribution is 0.0944. The molecule has 4 nitrogen and oxygen atoms in total. The van der Waals surface area contributed by atoms with Gasteiger partial charge in [-0.05, 0) is 36.1 Å². The van der Waals surface area contributed by atoms with Gasteiger partial charge in [-0.1, -0.05) is 11.8 Å². The van der Waals surface area contributed by atoms with Gasteiger partial charge >= 0.3 is 0 Å². The van der Waals surface area contributed by atoms with Gasteiger partial charge in [-0.2, -0.15) is 0 Å². The van der Waals surface area contributed by atoms with Gasteiger partial charge in [0.25, 0.3) is 5.91 Å². The number of hydrogen-bond donors (Lipinski definition) is 2. The molecule has 5 heteroatoms. The number of aromatic nitrogens is 1. The van der Waals surface area contributed by atoms with Crippen LogP contribution in [0.15, 0.2) is 36.0 Å². The van der Waals surface area contributed by atoms with Crippen molar-refractivity contribution >= 4 is 17.2 Å². The van der Waals surface area contributed by atoms with Crippen molar-refractivity contribution in [1.29, 1.82) is 0 Å². The van der Waals surface area contributed by atoms with E-state index >= 15 is 0 Å². The Bertz CT molecular complexity index is 640. The van der Waals surface area contributed by atoms with E-state index < -0.39 is 0 Å². The van der Waals surface area contributed by atoms with Crippen LogP contribution in [0.1, 0.15) is 33.8 Å². The summed E-state index contributed by atoms with van der Waals surface area (Å²) >= 11 is 1.38. The Morgan fingerprint density at radius 1 is 1.45 bits per heavy atom. The molecular weight excluding hydrogens is 270 g/mol. The van der Waals surface area contributed by atoms with Crippen LogP contribution >= 0.6 is 11.3 Å². The second-order valence-electron chi connectivity index (χ2n) is 4.14. The van der Waals surface area contributed by atoms with E-state index in [2.05, 4.69) is 22.1 Å². The average Bonchev–Trinajstić information content (AvgIpc) is 2.94. The SMILES string of the molecule is CC(NC(=O)c1sccc1C#CCN)c1ccncc1. The van der Waals surface area contributed by atoms with Gasteiger partial charge in [-0.15, -0.1) is 11.3 Å². The average molecular weight is 285 g/mol. The van der Waals surface area contributed by atoms with Crippen LogP contribution in [0, 0.1) is 11.8 Å². The maximum absolute atomic E-state index is 12.3. The highest BCUT2D eigenvalue weighted by Crippen LogP contribution is 2.18. The quantitative estimate of drug-likeness (QED) is 0.847. The van der Waals surface area contributed by atoms with Crippen LogP contribution in [0.2, 0.25) is 0 Å². The zero-order valence-electron chi connectivity index (χ0n) is 11.1. The van der Waals surface area contributed by atoms with Crippen LogP contribution in [0.4, 0.5) is 0 Å². The van der Waals surface area contributed by atoms with Crippen LogP contribution in [0.25, 0.3) is 0 Å². The minimum Gasteiger partial charge on any atom is -0.345 e. The molecule has 20 heavy (non-hydrogen) atoms. The number of pyridine rings is 1. The first-order valence-electron chi connectivity index (χ1n) is 6.19. The Labute approximate surface area is 122 Å². The van der Waals surface area contributed by atoms with Crippen LogP contribution < -0.4 is 11.1 Å². The molecule has 3 N–H and O–H groups in total. The van der Waals surface area contributed by atoms with Crippen molar-refractivity contribution in [1.82, 2.24) is 10.3 Å². The summed E-state index contributed by atoms with van der Waals surface area (Å²) in [6.07, 6.45) is 3.42. The lowest BCUT2D eigenvalue weighted by atomic mass is 10.1. The number of amides is 1. The molecule has 0 aliphatic heterocycles. The van der Waals surface area contributed by atoms with Gasteiger partial charge in [0.05, 0.1) is 12.6 Å². The van der Waals surface area contributed by atoms with E-state index in [1.807, 2.05) is 30.5 Å². The van der Waals surface area contributed by atoms with Crippen molar-refractivity contribution in [2.45, 2.75) is 13.0 Å². The van der Waals surface area contributed by atoms with Gasteiger partial charge in [-0.3, -0.25) is 9.78 Å². The number of nitrogens with one attached hydrogen (secondary N) is 1. The van der Waals surface area contributed by atoms with Crippen LogP contribution in [0.3, 0.4) is 0 Å². The third-order valence-electron chi connectivity index (χ3n) is 2.75. The predicted molar refractivity (Wildman–Crippen MR) is 80.4 cm³/mol. The lowest BCUT2D eigenvalue weighted by Gasteiger charge is -2.13. The first kappa shape index (κ1) is 14.3. The predicted octanol–water partition coefficient (Wildman–Crippen LogP) is 1.94. The molecule has 0 aliphatic rings. The molecule has 1 atom stereocenters. The van der Waals surface area contributed by atoms with Gasteiger partial charge in [0.2, 0.25) is 0 Å². The van der Waals surface area contributed by atoms with Crippen molar-refractivity contribution in [3.63, 3.8) is 0 Å². The zero-order valence-corrected chi connectivity index (χ0v) is 11.9. The molecular formula is C15H15N3OS. The third kappa shape index (κ3) is 3.44. The number of thiophene rings is 1. The first-order chi connectivity index (χ1) is 9.72. The fourth-order valence-corrected chi connectivity index (χ4v) is 2.48. The highest BCUT2D eigenvalue weighted by molar-refractivity contribution is 7.12. The Balaban J connectivity index is 2.11. The molecule has 2 aromatic heterocycles. The number of carbonyl (C=O) groups excluding carboxylic acids is 1.